The Labute approximate surface area is 74.8 Å². The van der Waals surface area contributed by atoms with Crippen molar-refractivity contribution in [1.29, 1.82) is 0 Å². The Morgan fingerprint density at radius 2 is 2.17 bits per heavy atom. The first-order chi connectivity index (χ1) is 5.59. The van der Waals surface area contributed by atoms with E-state index in [1.54, 1.807) is 5.57 Å². The molecule has 1 aliphatic carbocycles. The van der Waals surface area contributed by atoms with Gasteiger partial charge >= 0.3 is 0 Å². The zero-order chi connectivity index (χ0) is 8.77. The fourth-order valence-electron chi connectivity index (χ4n) is 2.29. The largest absolute Gasteiger partial charge is 0.497 e. The van der Waals surface area contributed by atoms with Crippen LogP contribution in [0.25, 0.3) is 0 Å². The highest BCUT2D eigenvalue weighted by atomic mass is 16.5. The summed E-state index contributed by atoms with van der Waals surface area (Å²) < 4.78 is 5.72. The van der Waals surface area contributed by atoms with Crippen molar-refractivity contribution in [3.8, 4) is 0 Å². The van der Waals surface area contributed by atoms with Gasteiger partial charge in [-0.05, 0) is 24.3 Å². The SMILES string of the molecule is CC1CCC2=C(C1)OCC2(C)C. The minimum atomic E-state index is 0.329. The average molecular weight is 166 g/mol. The minimum Gasteiger partial charge on any atom is -0.497 e. The Kier molecular flexibility index (Phi) is 1.71. The third kappa shape index (κ3) is 1.16. The van der Waals surface area contributed by atoms with Crippen LogP contribution in [0.5, 0.6) is 0 Å². The van der Waals surface area contributed by atoms with Gasteiger partial charge in [-0.1, -0.05) is 20.8 Å². The standard InChI is InChI=1S/C11H18O/c1-8-4-5-9-10(6-8)12-7-11(9,2)3/h8H,4-7H2,1-3H3. The summed E-state index contributed by atoms with van der Waals surface area (Å²) in [6, 6.07) is 0. The zero-order valence-corrected chi connectivity index (χ0v) is 8.31. The van der Waals surface area contributed by atoms with E-state index >= 15 is 0 Å². The van der Waals surface area contributed by atoms with E-state index in [9.17, 15) is 0 Å². The Hall–Kier alpha value is -0.460. The molecule has 1 atom stereocenters. The van der Waals surface area contributed by atoms with Crippen LogP contribution in [-0.4, -0.2) is 6.61 Å². The summed E-state index contributed by atoms with van der Waals surface area (Å²) in [6.45, 7) is 7.82. The summed E-state index contributed by atoms with van der Waals surface area (Å²) >= 11 is 0. The summed E-state index contributed by atoms with van der Waals surface area (Å²) in [6.07, 6.45) is 3.80. The van der Waals surface area contributed by atoms with E-state index in [-0.39, 0.29) is 0 Å². The van der Waals surface area contributed by atoms with Gasteiger partial charge in [-0.3, -0.25) is 0 Å². The van der Waals surface area contributed by atoms with Crippen LogP contribution in [0.4, 0.5) is 0 Å². The molecule has 0 radical (unpaired) electrons. The van der Waals surface area contributed by atoms with Crippen molar-refractivity contribution in [2.45, 2.75) is 40.0 Å². The minimum absolute atomic E-state index is 0.329. The molecular formula is C11H18O. The lowest BCUT2D eigenvalue weighted by atomic mass is 9.78. The van der Waals surface area contributed by atoms with Crippen molar-refractivity contribution in [2.75, 3.05) is 6.61 Å². The van der Waals surface area contributed by atoms with Crippen LogP contribution < -0.4 is 0 Å². The van der Waals surface area contributed by atoms with Gasteiger partial charge in [-0.15, -0.1) is 0 Å². The molecule has 1 heteroatoms. The Morgan fingerprint density at radius 1 is 1.42 bits per heavy atom. The molecule has 0 fully saturated rings. The molecule has 0 bridgehead atoms. The van der Waals surface area contributed by atoms with Gasteiger partial charge in [0.05, 0.1) is 12.4 Å². The highest BCUT2D eigenvalue weighted by Gasteiger charge is 2.36. The number of allylic oxidation sites excluding steroid dienone is 1. The fraction of sp³-hybridized carbons (Fsp3) is 0.818. The van der Waals surface area contributed by atoms with Crippen molar-refractivity contribution in [1.82, 2.24) is 0 Å². The van der Waals surface area contributed by atoms with Crippen LogP contribution in [0, 0.1) is 11.3 Å². The van der Waals surface area contributed by atoms with Gasteiger partial charge in [0, 0.05) is 11.8 Å². The summed E-state index contributed by atoms with van der Waals surface area (Å²) in [7, 11) is 0. The molecular weight excluding hydrogens is 148 g/mol. The second-order valence-electron chi connectivity index (χ2n) is 4.92. The highest BCUT2D eigenvalue weighted by molar-refractivity contribution is 5.23. The third-order valence-electron chi connectivity index (χ3n) is 3.18. The molecule has 68 valence electrons. The summed E-state index contributed by atoms with van der Waals surface area (Å²) in [4.78, 5) is 0. The van der Waals surface area contributed by atoms with Crippen LogP contribution in [0.3, 0.4) is 0 Å². The number of ether oxygens (including phenoxy) is 1. The van der Waals surface area contributed by atoms with E-state index in [1.807, 2.05) is 0 Å². The Morgan fingerprint density at radius 3 is 2.92 bits per heavy atom. The molecule has 0 amide bonds. The highest BCUT2D eigenvalue weighted by Crippen LogP contribution is 2.45. The van der Waals surface area contributed by atoms with Crippen LogP contribution in [0.1, 0.15) is 40.0 Å². The van der Waals surface area contributed by atoms with Crippen LogP contribution in [0.15, 0.2) is 11.3 Å². The Balaban J connectivity index is 2.25. The molecule has 0 aromatic heterocycles. The van der Waals surface area contributed by atoms with Crippen molar-refractivity contribution in [3.63, 3.8) is 0 Å². The molecule has 0 aromatic carbocycles. The topological polar surface area (TPSA) is 9.23 Å². The van der Waals surface area contributed by atoms with Crippen LogP contribution in [-0.2, 0) is 4.74 Å². The smallest absolute Gasteiger partial charge is 0.0966 e. The summed E-state index contributed by atoms with van der Waals surface area (Å²) in [5.74, 6) is 2.15. The van der Waals surface area contributed by atoms with Crippen molar-refractivity contribution >= 4 is 0 Å². The summed E-state index contributed by atoms with van der Waals surface area (Å²) in [5, 5.41) is 0. The fourth-order valence-corrected chi connectivity index (χ4v) is 2.29. The molecule has 0 saturated heterocycles. The first-order valence-corrected chi connectivity index (χ1v) is 4.95. The van der Waals surface area contributed by atoms with Gasteiger partial charge < -0.3 is 4.74 Å². The van der Waals surface area contributed by atoms with Crippen molar-refractivity contribution in [2.24, 2.45) is 11.3 Å². The molecule has 2 rings (SSSR count). The van der Waals surface area contributed by atoms with E-state index in [1.165, 1.54) is 25.0 Å². The second kappa shape index (κ2) is 2.51. The molecule has 1 nitrogen and oxygen atoms in total. The van der Waals surface area contributed by atoms with Gasteiger partial charge in [0.2, 0.25) is 0 Å². The molecule has 1 heterocycles. The maximum Gasteiger partial charge on any atom is 0.0966 e. The first-order valence-electron chi connectivity index (χ1n) is 4.95. The molecule has 1 unspecified atom stereocenters. The number of rotatable bonds is 0. The molecule has 0 saturated carbocycles. The lowest BCUT2D eigenvalue weighted by Gasteiger charge is -2.24. The lowest BCUT2D eigenvalue weighted by Crippen LogP contribution is -2.16. The van der Waals surface area contributed by atoms with Gasteiger partial charge in [-0.2, -0.15) is 0 Å². The quantitative estimate of drug-likeness (QED) is 0.537. The zero-order valence-electron chi connectivity index (χ0n) is 8.31. The molecule has 0 aromatic rings. The lowest BCUT2D eigenvalue weighted by molar-refractivity contribution is 0.175. The number of hydrogen-bond acceptors (Lipinski definition) is 1. The maximum atomic E-state index is 5.72. The molecule has 0 N–H and O–H groups in total. The van der Waals surface area contributed by atoms with E-state index in [2.05, 4.69) is 20.8 Å². The molecule has 2 aliphatic rings. The van der Waals surface area contributed by atoms with Crippen molar-refractivity contribution in [3.05, 3.63) is 11.3 Å². The maximum absolute atomic E-state index is 5.72. The third-order valence-corrected chi connectivity index (χ3v) is 3.18. The van der Waals surface area contributed by atoms with Crippen LogP contribution in [0.2, 0.25) is 0 Å². The van der Waals surface area contributed by atoms with Gasteiger partial charge in [0.15, 0.2) is 0 Å². The van der Waals surface area contributed by atoms with Crippen molar-refractivity contribution < 1.29 is 4.74 Å². The summed E-state index contributed by atoms with van der Waals surface area (Å²) in [5.41, 5.74) is 1.93. The van der Waals surface area contributed by atoms with Gasteiger partial charge in [0.25, 0.3) is 0 Å². The molecule has 1 aliphatic heterocycles. The average Bonchev–Trinajstić information content (AvgIpc) is 2.27. The second-order valence-corrected chi connectivity index (χ2v) is 4.92. The van der Waals surface area contributed by atoms with E-state index in [0.29, 0.717) is 5.41 Å². The first kappa shape index (κ1) is 8.15. The number of hydrogen-bond donors (Lipinski definition) is 0. The van der Waals surface area contributed by atoms with E-state index < -0.39 is 0 Å². The van der Waals surface area contributed by atoms with Gasteiger partial charge in [-0.25, -0.2) is 0 Å². The van der Waals surface area contributed by atoms with E-state index in [4.69, 9.17) is 4.74 Å². The predicted molar refractivity (Wildman–Crippen MR) is 49.8 cm³/mol. The van der Waals surface area contributed by atoms with E-state index in [0.717, 1.165) is 12.5 Å². The Bertz CT molecular complexity index is 225. The van der Waals surface area contributed by atoms with Gasteiger partial charge in [0.1, 0.15) is 0 Å². The molecule has 0 spiro atoms. The normalized spacial score (nSPS) is 33.1. The molecule has 12 heavy (non-hydrogen) atoms. The predicted octanol–water partition coefficient (Wildman–Crippen LogP) is 3.12. The van der Waals surface area contributed by atoms with Crippen LogP contribution >= 0.6 is 0 Å². The monoisotopic (exact) mass is 166 g/mol.